The number of carboxylic acid groups (broad SMARTS) is 1. The highest BCUT2D eigenvalue weighted by atomic mass is 32.2. The Balaban J connectivity index is 1.97. The second-order valence-electron chi connectivity index (χ2n) is 4.97. The van der Waals surface area contributed by atoms with E-state index in [0.29, 0.717) is 17.3 Å². The number of pyridine rings is 1. The van der Waals surface area contributed by atoms with Crippen molar-refractivity contribution >= 4 is 26.9 Å². The van der Waals surface area contributed by atoms with Crippen molar-refractivity contribution in [2.75, 3.05) is 6.61 Å². The molecule has 0 spiro atoms. The fourth-order valence-corrected chi connectivity index (χ4v) is 4.01. The summed E-state index contributed by atoms with van der Waals surface area (Å²) < 4.78 is 32.7. The van der Waals surface area contributed by atoms with Gasteiger partial charge < -0.3 is 9.84 Å². The molecule has 0 aliphatic carbocycles. The highest BCUT2D eigenvalue weighted by molar-refractivity contribution is 7.89. The minimum absolute atomic E-state index is 0.0779. The lowest BCUT2D eigenvalue weighted by Gasteiger charge is -2.17. The Hall–Kier alpha value is -2.03. The number of hydrogen-bond acceptors (Lipinski definition) is 5. The molecule has 1 aromatic heterocycles. The molecular weight excluding hydrogens is 308 g/mol. The molecular formula is C14H14N2O5S. The van der Waals surface area contributed by atoms with Crippen molar-refractivity contribution in [2.45, 2.75) is 23.5 Å². The van der Waals surface area contributed by atoms with Crippen LogP contribution in [0.3, 0.4) is 0 Å². The van der Waals surface area contributed by atoms with E-state index in [1.165, 1.54) is 6.07 Å². The number of nitrogens with one attached hydrogen (secondary N) is 1. The Morgan fingerprint density at radius 2 is 2.14 bits per heavy atom. The maximum atomic E-state index is 12.6. The lowest BCUT2D eigenvalue weighted by Crippen LogP contribution is -2.44. The van der Waals surface area contributed by atoms with E-state index in [1.807, 2.05) is 0 Å². The number of carbonyl (C=O) groups is 1. The van der Waals surface area contributed by atoms with E-state index in [4.69, 9.17) is 9.84 Å². The summed E-state index contributed by atoms with van der Waals surface area (Å²) in [6.45, 7) is 0.210. The van der Waals surface area contributed by atoms with Gasteiger partial charge in [-0.3, -0.25) is 4.98 Å². The molecule has 8 heteroatoms. The largest absolute Gasteiger partial charge is 0.479 e. The number of fused-ring (bicyclic) bond motifs is 1. The van der Waals surface area contributed by atoms with E-state index in [0.717, 1.165) is 0 Å². The molecule has 3 rings (SSSR count). The van der Waals surface area contributed by atoms with Crippen LogP contribution in [-0.2, 0) is 19.6 Å². The zero-order valence-corrected chi connectivity index (χ0v) is 12.3. The van der Waals surface area contributed by atoms with Crippen molar-refractivity contribution in [3.8, 4) is 0 Å². The smallest absolute Gasteiger partial charge is 0.334 e. The van der Waals surface area contributed by atoms with Gasteiger partial charge in [-0.05, 0) is 30.7 Å². The summed E-state index contributed by atoms with van der Waals surface area (Å²) in [5, 5.41) is 9.54. The van der Waals surface area contributed by atoms with Crippen molar-refractivity contribution in [3.05, 3.63) is 36.5 Å². The molecule has 7 nitrogen and oxygen atoms in total. The van der Waals surface area contributed by atoms with Crippen LogP contribution in [0.15, 0.2) is 41.4 Å². The summed E-state index contributed by atoms with van der Waals surface area (Å²) in [6.07, 6.45) is 0.735. The van der Waals surface area contributed by atoms with E-state index in [2.05, 4.69) is 9.71 Å². The number of sulfonamides is 1. The molecule has 22 heavy (non-hydrogen) atoms. The zero-order valence-electron chi connectivity index (χ0n) is 11.5. The minimum atomic E-state index is -3.87. The molecule has 0 radical (unpaired) electrons. The molecule has 1 fully saturated rings. The summed E-state index contributed by atoms with van der Waals surface area (Å²) in [5.41, 5.74) is 0.558. The average Bonchev–Trinajstić information content (AvgIpc) is 2.94. The summed E-state index contributed by atoms with van der Waals surface area (Å²) in [7, 11) is -3.87. The Morgan fingerprint density at radius 1 is 1.32 bits per heavy atom. The van der Waals surface area contributed by atoms with Gasteiger partial charge in [-0.1, -0.05) is 6.07 Å². The lowest BCUT2D eigenvalue weighted by molar-refractivity contribution is -0.147. The van der Waals surface area contributed by atoms with E-state index >= 15 is 0 Å². The van der Waals surface area contributed by atoms with Gasteiger partial charge in [0.2, 0.25) is 10.0 Å². The van der Waals surface area contributed by atoms with Gasteiger partial charge in [0.25, 0.3) is 0 Å². The van der Waals surface area contributed by atoms with Gasteiger partial charge >= 0.3 is 5.97 Å². The van der Waals surface area contributed by atoms with Crippen molar-refractivity contribution in [1.29, 1.82) is 0 Å². The van der Waals surface area contributed by atoms with Crippen molar-refractivity contribution in [3.63, 3.8) is 0 Å². The number of aromatic nitrogens is 1. The molecule has 2 atom stereocenters. The number of benzene rings is 1. The van der Waals surface area contributed by atoms with E-state index in [-0.39, 0.29) is 11.5 Å². The maximum absolute atomic E-state index is 12.6. The van der Waals surface area contributed by atoms with Crippen LogP contribution >= 0.6 is 0 Å². The molecule has 0 bridgehead atoms. The van der Waals surface area contributed by atoms with Crippen LogP contribution in [0.1, 0.15) is 6.42 Å². The first-order valence-electron chi connectivity index (χ1n) is 6.69. The number of rotatable bonds is 4. The van der Waals surface area contributed by atoms with Gasteiger partial charge in [-0.25, -0.2) is 17.9 Å². The standard InChI is InChI=1S/C14H14N2O5S/c17-14(18)13-11(6-8-21-13)16-22(19,20)12-5-1-4-10-9(12)3-2-7-15-10/h1-5,7,11,13,16H,6,8H2,(H,17,18)/t11-,13+/m0/s1. The zero-order chi connectivity index (χ0) is 15.7. The molecule has 1 aromatic carbocycles. The molecule has 1 aliphatic heterocycles. The monoisotopic (exact) mass is 322 g/mol. The van der Waals surface area contributed by atoms with Crippen LogP contribution in [0, 0.1) is 0 Å². The van der Waals surface area contributed by atoms with Crippen molar-refractivity contribution in [2.24, 2.45) is 0 Å². The molecule has 0 saturated carbocycles. The van der Waals surface area contributed by atoms with Gasteiger partial charge in [-0.2, -0.15) is 0 Å². The predicted octanol–water partition coefficient (Wildman–Crippen LogP) is 0.755. The first-order chi connectivity index (χ1) is 10.5. The van der Waals surface area contributed by atoms with Crippen LogP contribution in [0.25, 0.3) is 10.9 Å². The van der Waals surface area contributed by atoms with Gasteiger partial charge in [0, 0.05) is 18.2 Å². The fraction of sp³-hybridized carbons (Fsp3) is 0.286. The summed E-state index contributed by atoms with van der Waals surface area (Å²) in [4.78, 5) is 15.3. The minimum Gasteiger partial charge on any atom is -0.479 e. The number of nitrogens with zero attached hydrogens (tertiary/aromatic N) is 1. The number of carboxylic acids is 1. The molecule has 116 valence electrons. The second-order valence-corrected chi connectivity index (χ2v) is 6.65. The van der Waals surface area contributed by atoms with E-state index in [1.54, 1.807) is 30.5 Å². The molecule has 1 aliphatic rings. The van der Waals surface area contributed by atoms with E-state index in [9.17, 15) is 13.2 Å². The van der Waals surface area contributed by atoms with Crippen LogP contribution in [0.5, 0.6) is 0 Å². The summed E-state index contributed by atoms with van der Waals surface area (Å²) in [5.74, 6) is -1.18. The SMILES string of the molecule is O=C(O)[C@@H]1OCC[C@@H]1NS(=O)(=O)c1cccc2ncccc12. The Kier molecular flexibility index (Phi) is 3.81. The molecule has 1 saturated heterocycles. The van der Waals surface area contributed by atoms with Gasteiger partial charge in [0.15, 0.2) is 6.10 Å². The molecule has 0 amide bonds. The first kappa shape index (κ1) is 14.9. The normalized spacial score (nSPS) is 22.0. The van der Waals surface area contributed by atoms with Crippen LogP contribution in [-0.4, -0.2) is 43.2 Å². The van der Waals surface area contributed by atoms with Crippen LogP contribution < -0.4 is 4.72 Å². The van der Waals surface area contributed by atoms with Crippen molar-refractivity contribution < 1.29 is 23.1 Å². The van der Waals surface area contributed by atoms with E-state index < -0.39 is 28.1 Å². The number of aliphatic carboxylic acids is 1. The number of ether oxygens (including phenoxy) is 1. The average molecular weight is 322 g/mol. The maximum Gasteiger partial charge on any atom is 0.334 e. The highest BCUT2D eigenvalue weighted by Crippen LogP contribution is 2.23. The van der Waals surface area contributed by atoms with Gasteiger partial charge in [0.1, 0.15) is 0 Å². The quantitative estimate of drug-likeness (QED) is 0.861. The van der Waals surface area contributed by atoms with Gasteiger partial charge in [0.05, 0.1) is 16.5 Å². The third-order valence-electron chi connectivity index (χ3n) is 3.54. The summed E-state index contributed by atoms with van der Waals surface area (Å²) >= 11 is 0. The third kappa shape index (κ3) is 2.68. The van der Waals surface area contributed by atoms with Crippen molar-refractivity contribution in [1.82, 2.24) is 9.71 Å². The molecule has 2 aromatic rings. The first-order valence-corrected chi connectivity index (χ1v) is 8.18. The lowest BCUT2D eigenvalue weighted by atomic mass is 10.1. The molecule has 0 unspecified atom stereocenters. The van der Waals surface area contributed by atoms with Crippen LogP contribution in [0.4, 0.5) is 0 Å². The third-order valence-corrected chi connectivity index (χ3v) is 5.08. The fourth-order valence-electron chi connectivity index (χ4n) is 2.53. The molecule has 2 N–H and O–H groups in total. The number of hydrogen-bond donors (Lipinski definition) is 2. The Labute approximate surface area is 127 Å². The Bertz CT molecular complexity index is 816. The Morgan fingerprint density at radius 3 is 2.91 bits per heavy atom. The topological polar surface area (TPSA) is 106 Å². The highest BCUT2D eigenvalue weighted by Gasteiger charge is 2.37. The molecule has 2 heterocycles. The summed E-state index contributed by atoms with van der Waals surface area (Å²) in [6, 6.07) is 7.32. The van der Waals surface area contributed by atoms with Crippen LogP contribution in [0.2, 0.25) is 0 Å². The predicted molar refractivity (Wildman–Crippen MR) is 77.8 cm³/mol. The van der Waals surface area contributed by atoms with Gasteiger partial charge in [-0.15, -0.1) is 0 Å². The second kappa shape index (κ2) is 5.64.